The van der Waals surface area contributed by atoms with Crippen molar-refractivity contribution < 1.29 is 41.0 Å². The van der Waals surface area contributed by atoms with Gasteiger partial charge in [0.1, 0.15) is 6.10 Å². The first-order valence-electron chi connectivity index (χ1n) is 7.36. The van der Waals surface area contributed by atoms with Crippen LogP contribution < -0.4 is 0 Å². The maximum Gasteiger partial charge on any atom is 0.426 e. The molecule has 1 atom stereocenters. The highest BCUT2D eigenvalue weighted by Gasteiger charge is 2.71. The Kier molecular flexibility index (Phi) is 6.45. The molecule has 0 aromatic heterocycles. The van der Waals surface area contributed by atoms with Crippen LogP contribution in [0.1, 0.15) is 54.4 Å². The molecule has 0 spiro atoms. The average Bonchev–Trinajstić information content (AvgIpc) is 2.33. The highest BCUT2D eigenvalue weighted by molar-refractivity contribution is 5.76. The van der Waals surface area contributed by atoms with Gasteiger partial charge in [0.25, 0.3) is 5.60 Å². The number of carbonyl (C=O) groups excluding carboxylic acids is 1. The Bertz CT molecular complexity index is 432. The van der Waals surface area contributed by atoms with Crippen molar-refractivity contribution in [2.45, 2.75) is 78.4 Å². The fourth-order valence-corrected chi connectivity index (χ4v) is 1.62. The van der Waals surface area contributed by atoms with E-state index in [4.69, 9.17) is 4.74 Å². The number of carbonyl (C=O) groups is 1. The van der Waals surface area contributed by atoms with Gasteiger partial charge in [-0.25, -0.2) is 0 Å². The number of hydrogen-bond acceptors (Lipinski definition) is 3. The molecule has 0 aliphatic rings. The van der Waals surface area contributed by atoms with Gasteiger partial charge < -0.3 is 9.84 Å². The van der Waals surface area contributed by atoms with Crippen LogP contribution in [0.15, 0.2) is 0 Å². The summed E-state index contributed by atoms with van der Waals surface area (Å²) in [6.07, 6.45) is -15.2. The Morgan fingerprint density at radius 2 is 1.33 bits per heavy atom. The standard InChI is InChI=1S/C15H24F6O3/c1-7-12(5,6)10(22)24-9(11(2,3)4)8-13(23,14(16,17)18)15(19,20)21/h9,23H,7-8H2,1-6H3. The highest BCUT2D eigenvalue weighted by Crippen LogP contribution is 2.48. The van der Waals surface area contributed by atoms with E-state index in [1.165, 1.54) is 34.6 Å². The van der Waals surface area contributed by atoms with E-state index in [1.54, 1.807) is 6.92 Å². The summed E-state index contributed by atoms with van der Waals surface area (Å²) >= 11 is 0. The van der Waals surface area contributed by atoms with Crippen LogP contribution in [0.3, 0.4) is 0 Å². The van der Waals surface area contributed by atoms with E-state index in [0.29, 0.717) is 0 Å². The Morgan fingerprint density at radius 1 is 0.958 bits per heavy atom. The van der Waals surface area contributed by atoms with E-state index in [9.17, 15) is 36.2 Å². The molecule has 0 aromatic carbocycles. The Labute approximate surface area is 137 Å². The maximum absolute atomic E-state index is 12.9. The molecule has 0 amide bonds. The minimum absolute atomic E-state index is 0.283. The van der Waals surface area contributed by atoms with Gasteiger partial charge in [0.2, 0.25) is 0 Å². The molecule has 1 unspecified atom stereocenters. The Hall–Kier alpha value is -0.990. The first-order valence-corrected chi connectivity index (χ1v) is 7.36. The fraction of sp³-hybridized carbons (Fsp3) is 0.933. The molecule has 0 aliphatic heterocycles. The molecule has 0 fully saturated rings. The molecular formula is C15H24F6O3. The van der Waals surface area contributed by atoms with Crippen molar-refractivity contribution in [1.82, 2.24) is 0 Å². The zero-order chi connectivity index (χ0) is 19.8. The fourth-order valence-electron chi connectivity index (χ4n) is 1.62. The molecule has 0 saturated carbocycles. The predicted molar refractivity (Wildman–Crippen MR) is 75.1 cm³/mol. The van der Waals surface area contributed by atoms with Crippen LogP contribution in [-0.4, -0.2) is 35.1 Å². The number of hydrogen-bond donors (Lipinski definition) is 1. The molecule has 0 aromatic rings. The average molecular weight is 366 g/mol. The number of aliphatic hydroxyl groups is 1. The summed E-state index contributed by atoms with van der Waals surface area (Å²) in [6.45, 7) is 8.56. The van der Waals surface area contributed by atoms with Crippen molar-refractivity contribution in [2.24, 2.45) is 10.8 Å². The lowest BCUT2D eigenvalue weighted by Crippen LogP contribution is -2.60. The van der Waals surface area contributed by atoms with E-state index in [-0.39, 0.29) is 6.42 Å². The molecule has 0 saturated heterocycles. The van der Waals surface area contributed by atoms with Gasteiger partial charge in [0.15, 0.2) is 0 Å². The summed E-state index contributed by atoms with van der Waals surface area (Å²) in [4.78, 5) is 12.1. The molecule has 144 valence electrons. The zero-order valence-electron chi connectivity index (χ0n) is 14.5. The van der Waals surface area contributed by atoms with Crippen molar-refractivity contribution in [3.05, 3.63) is 0 Å². The Morgan fingerprint density at radius 3 is 1.58 bits per heavy atom. The lowest BCUT2D eigenvalue weighted by Gasteiger charge is -2.40. The van der Waals surface area contributed by atoms with Crippen LogP contribution in [-0.2, 0) is 9.53 Å². The van der Waals surface area contributed by atoms with E-state index in [2.05, 4.69) is 0 Å². The van der Waals surface area contributed by atoms with Crippen molar-refractivity contribution in [2.75, 3.05) is 0 Å². The molecule has 3 nitrogen and oxygen atoms in total. The van der Waals surface area contributed by atoms with Crippen LogP contribution in [0.25, 0.3) is 0 Å². The number of alkyl halides is 6. The largest absolute Gasteiger partial charge is 0.461 e. The minimum atomic E-state index is -5.96. The van der Waals surface area contributed by atoms with E-state index >= 15 is 0 Å². The molecule has 9 heteroatoms. The lowest BCUT2D eigenvalue weighted by atomic mass is 9.80. The summed E-state index contributed by atoms with van der Waals surface area (Å²) in [6, 6.07) is 0. The molecule has 0 rings (SSSR count). The number of ether oxygens (including phenoxy) is 1. The van der Waals surface area contributed by atoms with Gasteiger partial charge in [0.05, 0.1) is 5.41 Å². The second-order valence-electron chi connectivity index (χ2n) is 7.56. The monoisotopic (exact) mass is 366 g/mol. The van der Waals surface area contributed by atoms with Gasteiger partial charge in [-0.05, 0) is 25.7 Å². The normalized spacial score (nSPS) is 16.0. The summed E-state index contributed by atoms with van der Waals surface area (Å²) in [5, 5.41) is 9.35. The Balaban J connectivity index is 5.77. The minimum Gasteiger partial charge on any atom is -0.461 e. The quantitative estimate of drug-likeness (QED) is 0.570. The van der Waals surface area contributed by atoms with Crippen LogP contribution in [0, 0.1) is 10.8 Å². The van der Waals surface area contributed by atoms with Gasteiger partial charge in [-0.15, -0.1) is 0 Å². The summed E-state index contributed by atoms with van der Waals surface area (Å²) in [5.74, 6) is -0.920. The first kappa shape index (κ1) is 23.0. The number of halogens is 6. The van der Waals surface area contributed by atoms with Crippen molar-refractivity contribution in [3.63, 3.8) is 0 Å². The first-order chi connectivity index (χ1) is 10.3. The van der Waals surface area contributed by atoms with Gasteiger partial charge in [-0.1, -0.05) is 27.7 Å². The maximum atomic E-state index is 12.9. The smallest absolute Gasteiger partial charge is 0.426 e. The van der Waals surface area contributed by atoms with Crippen molar-refractivity contribution >= 4 is 5.97 Å². The van der Waals surface area contributed by atoms with Gasteiger partial charge >= 0.3 is 18.3 Å². The molecule has 1 N–H and O–H groups in total. The van der Waals surface area contributed by atoms with Crippen LogP contribution in [0.4, 0.5) is 26.3 Å². The van der Waals surface area contributed by atoms with Crippen LogP contribution >= 0.6 is 0 Å². The third-order valence-corrected chi connectivity index (χ3v) is 4.07. The number of esters is 1. The summed E-state index contributed by atoms with van der Waals surface area (Å²) in [5.41, 5.74) is -7.28. The van der Waals surface area contributed by atoms with E-state index < -0.39 is 47.3 Å². The van der Waals surface area contributed by atoms with Crippen molar-refractivity contribution in [1.29, 1.82) is 0 Å². The molecule has 0 bridgehead atoms. The third kappa shape index (κ3) is 5.00. The lowest BCUT2D eigenvalue weighted by molar-refractivity contribution is -0.375. The molecule has 0 heterocycles. The molecular weight excluding hydrogens is 342 g/mol. The topological polar surface area (TPSA) is 46.5 Å². The van der Waals surface area contributed by atoms with Gasteiger partial charge in [-0.3, -0.25) is 4.79 Å². The van der Waals surface area contributed by atoms with Crippen LogP contribution in [0.5, 0.6) is 0 Å². The molecule has 0 aliphatic carbocycles. The van der Waals surface area contributed by atoms with Crippen molar-refractivity contribution in [3.8, 4) is 0 Å². The van der Waals surface area contributed by atoms with Crippen LogP contribution in [0.2, 0.25) is 0 Å². The predicted octanol–water partition coefficient (Wildman–Crippen LogP) is 4.63. The zero-order valence-corrected chi connectivity index (χ0v) is 14.5. The third-order valence-electron chi connectivity index (χ3n) is 4.07. The van der Waals surface area contributed by atoms with Gasteiger partial charge in [-0.2, -0.15) is 26.3 Å². The highest BCUT2D eigenvalue weighted by atomic mass is 19.4. The van der Waals surface area contributed by atoms with Gasteiger partial charge in [0, 0.05) is 6.42 Å². The van der Waals surface area contributed by atoms with E-state index in [0.717, 1.165) is 0 Å². The number of rotatable bonds is 5. The SMILES string of the molecule is CCC(C)(C)C(=O)OC(CC(O)(C(F)(F)F)C(F)(F)F)C(C)(C)C. The second kappa shape index (κ2) is 6.72. The summed E-state index contributed by atoms with van der Waals surface area (Å²) < 4.78 is 82.2. The molecule has 0 radical (unpaired) electrons. The van der Waals surface area contributed by atoms with E-state index in [1.807, 2.05) is 0 Å². The second-order valence-corrected chi connectivity index (χ2v) is 7.56. The summed E-state index contributed by atoms with van der Waals surface area (Å²) in [7, 11) is 0. The molecule has 24 heavy (non-hydrogen) atoms.